The summed E-state index contributed by atoms with van der Waals surface area (Å²) in [5.41, 5.74) is 7.25. The molecule has 0 aliphatic rings. The van der Waals surface area contributed by atoms with Gasteiger partial charge in [-0.25, -0.2) is 4.52 Å². The second-order valence-electron chi connectivity index (χ2n) is 11.3. The second kappa shape index (κ2) is 8.24. The molecule has 6 heteroatoms. The molecule has 0 atom stereocenters. The van der Waals surface area contributed by atoms with Gasteiger partial charge < -0.3 is 8.98 Å². The van der Waals surface area contributed by atoms with E-state index in [-0.39, 0.29) is 11.1 Å². The van der Waals surface area contributed by atoms with Crippen LogP contribution in [0.15, 0.2) is 141 Å². The molecular formula is C38H21N3O3. The predicted molar refractivity (Wildman–Crippen MR) is 177 cm³/mol. The van der Waals surface area contributed by atoms with Crippen LogP contribution in [0.4, 0.5) is 0 Å². The fraction of sp³-hybridized carbons (Fsp3) is 0. The summed E-state index contributed by atoms with van der Waals surface area (Å²) in [6.07, 6.45) is 0. The number of para-hydroxylation sites is 2. The monoisotopic (exact) mass is 567 g/mol. The van der Waals surface area contributed by atoms with Crippen LogP contribution < -0.4 is 11.1 Å². The van der Waals surface area contributed by atoms with Crippen molar-refractivity contribution in [3.8, 4) is 16.8 Å². The Hall–Kier alpha value is -6.14. The van der Waals surface area contributed by atoms with Crippen molar-refractivity contribution in [2.45, 2.75) is 0 Å². The number of hydrogen-bond donors (Lipinski definition) is 0. The quantitative estimate of drug-likeness (QED) is 0.212. The number of benzene rings is 6. The van der Waals surface area contributed by atoms with E-state index in [1.165, 1.54) is 4.52 Å². The van der Waals surface area contributed by atoms with Crippen LogP contribution in [-0.4, -0.2) is 13.6 Å². The number of furan rings is 1. The van der Waals surface area contributed by atoms with Gasteiger partial charge in [-0.05, 0) is 59.7 Å². The third-order valence-corrected chi connectivity index (χ3v) is 9.01. The molecule has 0 spiro atoms. The first-order valence-corrected chi connectivity index (χ1v) is 14.5. The Bertz CT molecular complexity index is 2920. The van der Waals surface area contributed by atoms with Gasteiger partial charge in [0, 0.05) is 27.2 Å². The molecule has 10 aromatic rings. The lowest BCUT2D eigenvalue weighted by Crippen LogP contribution is -2.21. The molecule has 0 saturated carbocycles. The van der Waals surface area contributed by atoms with Gasteiger partial charge in [-0.2, -0.15) is 4.52 Å². The zero-order valence-electron chi connectivity index (χ0n) is 23.2. The molecule has 4 heterocycles. The van der Waals surface area contributed by atoms with Crippen LogP contribution in [0.5, 0.6) is 0 Å². The third kappa shape index (κ3) is 2.89. The number of nitrogens with zero attached hydrogens (tertiary/aromatic N) is 3. The zero-order valence-corrected chi connectivity index (χ0v) is 23.2. The molecule has 0 radical (unpaired) electrons. The van der Waals surface area contributed by atoms with Gasteiger partial charge in [0.25, 0.3) is 11.1 Å². The lowest BCUT2D eigenvalue weighted by Gasteiger charge is -2.10. The molecule has 44 heavy (non-hydrogen) atoms. The van der Waals surface area contributed by atoms with E-state index in [0.717, 1.165) is 49.4 Å². The maximum Gasteiger partial charge on any atom is 0.283 e. The summed E-state index contributed by atoms with van der Waals surface area (Å²) in [4.78, 5) is 28.1. The van der Waals surface area contributed by atoms with Crippen LogP contribution in [0.2, 0.25) is 0 Å². The highest BCUT2D eigenvalue weighted by atomic mass is 16.3. The SMILES string of the molecule is O=c1c2cc3c(cc2n2c4ccc5oc6ccccc6c5c4c(=O)n12)c1ccccc1n3-c1cccc(-c2ccccc2)c1. The number of fused-ring (bicyclic) bond motifs is 12. The highest BCUT2D eigenvalue weighted by molar-refractivity contribution is 6.19. The highest BCUT2D eigenvalue weighted by Gasteiger charge is 2.23. The van der Waals surface area contributed by atoms with Crippen molar-refractivity contribution < 1.29 is 4.42 Å². The van der Waals surface area contributed by atoms with E-state index < -0.39 is 0 Å². The van der Waals surface area contributed by atoms with Crippen molar-refractivity contribution in [3.63, 3.8) is 0 Å². The minimum Gasteiger partial charge on any atom is -0.456 e. The summed E-state index contributed by atoms with van der Waals surface area (Å²) in [6, 6.07) is 42.5. The minimum atomic E-state index is -0.341. The van der Waals surface area contributed by atoms with E-state index in [1.54, 1.807) is 4.52 Å². The summed E-state index contributed by atoms with van der Waals surface area (Å²) in [5.74, 6) is 0. The van der Waals surface area contributed by atoms with E-state index in [1.807, 2.05) is 72.8 Å². The van der Waals surface area contributed by atoms with Gasteiger partial charge >= 0.3 is 0 Å². The van der Waals surface area contributed by atoms with Gasteiger partial charge in [0.2, 0.25) is 0 Å². The summed E-state index contributed by atoms with van der Waals surface area (Å²) in [7, 11) is 0. The number of aromatic nitrogens is 3. The fourth-order valence-electron chi connectivity index (χ4n) is 7.12. The van der Waals surface area contributed by atoms with Gasteiger partial charge in [0.15, 0.2) is 0 Å². The smallest absolute Gasteiger partial charge is 0.283 e. The molecule has 0 aliphatic carbocycles. The molecule has 0 saturated heterocycles. The van der Waals surface area contributed by atoms with Crippen LogP contribution in [0.25, 0.3) is 82.4 Å². The van der Waals surface area contributed by atoms with Gasteiger partial charge in [-0.15, -0.1) is 0 Å². The van der Waals surface area contributed by atoms with Crippen molar-refractivity contribution >= 4 is 65.6 Å². The topological polar surface area (TPSA) is 61.0 Å². The van der Waals surface area contributed by atoms with Gasteiger partial charge in [-0.1, -0.05) is 78.9 Å². The second-order valence-corrected chi connectivity index (χ2v) is 11.3. The van der Waals surface area contributed by atoms with Crippen molar-refractivity contribution in [1.82, 2.24) is 13.6 Å². The van der Waals surface area contributed by atoms with Crippen molar-refractivity contribution in [3.05, 3.63) is 148 Å². The van der Waals surface area contributed by atoms with E-state index in [0.29, 0.717) is 33.0 Å². The molecular weight excluding hydrogens is 546 g/mol. The summed E-state index contributed by atoms with van der Waals surface area (Å²) >= 11 is 0. The Labute approximate surface area is 248 Å². The van der Waals surface area contributed by atoms with Crippen LogP contribution >= 0.6 is 0 Å². The Kier molecular flexibility index (Phi) is 4.39. The van der Waals surface area contributed by atoms with Gasteiger partial charge in [0.1, 0.15) is 11.2 Å². The van der Waals surface area contributed by atoms with Crippen LogP contribution in [0.3, 0.4) is 0 Å². The van der Waals surface area contributed by atoms with E-state index >= 15 is 0 Å². The largest absolute Gasteiger partial charge is 0.456 e. The molecule has 0 aliphatic heterocycles. The molecule has 0 N–H and O–H groups in total. The summed E-state index contributed by atoms with van der Waals surface area (Å²) in [6.45, 7) is 0. The first-order valence-electron chi connectivity index (χ1n) is 14.5. The van der Waals surface area contributed by atoms with Crippen LogP contribution in [0.1, 0.15) is 0 Å². The van der Waals surface area contributed by atoms with E-state index in [4.69, 9.17) is 4.42 Å². The minimum absolute atomic E-state index is 0.334. The lowest BCUT2D eigenvalue weighted by atomic mass is 10.1. The predicted octanol–water partition coefficient (Wildman–Crippen LogP) is 8.17. The van der Waals surface area contributed by atoms with Crippen LogP contribution in [-0.2, 0) is 0 Å². The first kappa shape index (κ1) is 23.4. The van der Waals surface area contributed by atoms with Crippen molar-refractivity contribution in [2.75, 3.05) is 0 Å². The third-order valence-electron chi connectivity index (χ3n) is 9.01. The molecule has 0 fully saturated rings. The van der Waals surface area contributed by atoms with E-state index in [2.05, 4.69) is 59.2 Å². The fourth-order valence-corrected chi connectivity index (χ4v) is 7.12. The molecule has 6 nitrogen and oxygen atoms in total. The average molecular weight is 568 g/mol. The molecule has 206 valence electrons. The Balaban J connectivity index is 1.33. The van der Waals surface area contributed by atoms with E-state index in [9.17, 15) is 9.59 Å². The van der Waals surface area contributed by atoms with Crippen molar-refractivity contribution in [2.24, 2.45) is 0 Å². The standard InChI is InChI=1S/C38H21N3O3/c42-37-28-21-31-27(25-13-4-6-15-29(25)39(31)24-12-8-11-23(19-24)22-9-2-1-3-10-22)20-32(28)40-30-17-18-34-35(36(30)38(43)41(37)40)26-14-5-7-16-33(26)44-34/h1-21H. The lowest BCUT2D eigenvalue weighted by molar-refractivity contribution is 0.669. The molecule has 0 unspecified atom stereocenters. The average Bonchev–Trinajstić information content (AvgIpc) is 3.78. The Morgan fingerprint density at radius 3 is 2.07 bits per heavy atom. The maximum atomic E-state index is 14.1. The Morgan fingerprint density at radius 1 is 0.432 bits per heavy atom. The van der Waals surface area contributed by atoms with Gasteiger partial charge in [-0.3, -0.25) is 9.59 Å². The summed E-state index contributed by atoms with van der Waals surface area (Å²) in [5, 5.41) is 4.67. The zero-order chi connectivity index (χ0) is 29.1. The first-order chi connectivity index (χ1) is 21.7. The Morgan fingerprint density at radius 2 is 1.18 bits per heavy atom. The molecule has 10 rings (SSSR count). The van der Waals surface area contributed by atoms with Gasteiger partial charge in [0.05, 0.1) is 32.8 Å². The highest BCUT2D eigenvalue weighted by Crippen LogP contribution is 2.37. The van der Waals surface area contributed by atoms with Crippen molar-refractivity contribution in [1.29, 1.82) is 0 Å². The molecule has 0 amide bonds. The number of hydrogen-bond acceptors (Lipinski definition) is 3. The maximum absolute atomic E-state index is 14.1. The molecule has 0 bridgehead atoms. The normalized spacial score (nSPS) is 12.3. The molecule has 4 aromatic heterocycles. The number of rotatable bonds is 2. The molecule has 6 aromatic carbocycles. The summed E-state index contributed by atoms with van der Waals surface area (Å²) < 4.78 is 11.3. The van der Waals surface area contributed by atoms with Crippen LogP contribution in [0, 0.1) is 0 Å².